The quantitative estimate of drug-likeness (QED) is 0.763. The summed E-state index contributed by atoms with van der Waals surface area (Å²) in [4.78, 5) is 2.52. The third-order valence-corrected chi connectivity index (χ3v) is 4.14. The summed E-state index contributed by atoms with van der Waals surface area (Å²) in [7, 11) is 0. The molecule has 2 nitrogen and oxygen atoms in total. The van der Waals surface area contributed by atoms with E-state index in [1.54, 1.807) is 0 Å². The Kier molecular flexibility index (Phi) is 3.69. The second-order valence-electron chi connectivity index (χ2n) is 6.77. The zero-order chi connectivity index (χ0) is 14.2. The van der Waals surface area contributed by atoms with E-state index in [1.165, 1.54) is 16.7 Å². The highest BCUT2D eigenvalue weighted by molar-refractivity contribution is 5.49. The van der Waals surface area contributed by atoms with Crippen LogP contribution in [0.15, 0.2) is 12.1 Å². The minimum atomic E-state index is 0.189. The van der Waals surface area contributed by atoms with Crippen molar-refractivity contribution in [1.29, 1.82) is 5.26 Å². The number of nitriles is 1. The van der Waals surface area contributed by atoms with Crippen molar-refractivity contribution in [3.8, 4) is 6.07 Å². The maximum Gasteiger partial charge on any atom is 0.0994 e. The Morgan fingerprint density at radius 2 is 1.89 bits per heavy atom. The van der Waals surface area contributed by atoms with Gasteiger partial charge in [0.1, 0.15) is 0 Å². The molecule has 0 spiro atoms. The first-order valence-corrected chi connectivity index (χ1v) is 7.14. The van der Waals surface area contributed by atoms with E-state index >= 15 is 0 Å². The standard InChI is InChI=1S/C17H24N2/c1-12(2)14-7-6-13(10-18)15-8-9-19(11-16(14)15)17(3,4)5/h6-7,12H,8-9,11H2,1-5H3. The van der Waals surface area contributed by atoms with Gasteiger partial charge in [0.05, 0.1) is 11.6 Å². The molecule has 1 aromatic rings. The summed E-state index contributed by atoms with van der Waals surface area (Å²) in [6.07, 6.45) is 0.996. The highest BCUT2D eigenvalue weighted by Crippen LogP contribution is 2.32. The normalized spacial score (nSPS) is 16.3. The molecule has 0 radical (unpaired) electrons. The van der Waals surface area contributed by atoms with Gasteiger partial charge in [0, 0.05) is 18.6 Å². The van der Waals surface area contributed by atoms with Gasteiger partial charge in [-0.25, -0.2) is 0 Å². The Hall–Kier alpha value is -1.33. The molecule has 1 aliphatic heterocycles. The van der Waals surface area contributed by atoms with Gasteiger partial charge in [0.2, 0.25) is 0 Å². The Balaban J connectivity index is 2.49. The van der Waals surface area contributed by atoms with Crippen LogP contribution in [-0.4, -0.2) is 17.0 Å². The van der Waals surface area contributed by atoms with Crippen molar-refractivity contribution >= 4 is 0 Å². The molecule has 0 amide bonds. The third kappa shape index (κ3) is 2.67. The van der Waals surface area contributed by atoms with Crippen molar-refractivity contribution in [2.45, 2.75) is 59.0 Å². The monoisotopic (exact) mass is 256 g/mol. The molecule has 1 aromatic carbocycles. The fourth-order valence-corrected chi connectivity index (χ4v) is 2.92. The summed E-state index contributed by atoms with van der Waals surface area (Å²) in [5.41, 5.74) is 5.15. The van der Waals surface area contributed by atoms with Crippen LogP contribution >= 0.6 is 0 Å². The van der Waals surface area contributed by atoms with Crippen molar-refractivity contribution in [2.75, 3.05) is 6.54 Å². The highest BCUT2D eigenvalue weighted by atomic mass is 15.2. The van der Waals surface area contributed by atoms with Crippen LogP contribution in [0.4, 0.5) is 0 Å². The summed E-state index contributed by atoms with van der Waals surface area (Å²) in [5, 5.41) is 9.29. The van der Waals surface area contributed by atoms with Gasteiger partial charge in [-0.1, -0.05) is 19.9 Å². The zero-order valence-electron chi connectivity index (χ0n) is 12.7. The number of nitrogens with zero attached hydrogens (tertiary/aromatic N) is 2. The zero-order valence-corrected chi connectivity index (χ0v) is 12.7. The van der Waals surface area contributed by atoms with E-state index in [1.807, 2.05) is 6.07 Å². The van der Waals surface area contributed by atoms with Crippen molar-refractivity contribution < 1.29 is 0 Å². The predicted octanol–water partition coefficient (Wildman–Crippen LogP) is 3.84. The first-order chi connectivity index (χ1) is 8.84. The summed E-state index contributed by atoms with van der Waals surface area (Å²) < 4.78 is 0. The van der Waals surface area contributed by atoms with Gasteiger partial charge in [0.15, 0.2) is 0 Å². The maximum atomic E-state index is 9.29. The number of benzene rings is 1. The van der Waals surface area contributed by atoms with E-state index in [2.05, 4.69) is 51.7 Å². The molecule has 1 heterocycles. The van der Waals surface area contributed by atoms with E-state index in [0.717, 1.165) is 25.1 Å². The molecule has 0 saturated carbocycles. The molecule has 0 saturated heterocycles. The van der Waals surface area contributed by atoms with Crippen molar-refractivity contribution in [2.24, 2.45) is 0 Å². The SMILES string of the molecule is CC(C)c1ccc(C#N)c2c1CN(C(C)(C)C)CC2. The average Bonchev–Trinajstić information content (AvgIpc) is 2.35. The van der Waals surface area contributed by atoms with Crippen molar-refractivity contribution in [1.82, 2.24) is 4.90 Å². The Morgan fingerprint density at radius 3 is 2.42 bits per heavy atom. The molecule has 2 heteroatoms. The lowest BCUT2D eigenvalue weighted by molar-refractivity contribution is 0.120. The van der Waals surface area contributed by atoms with Crippen LogP contribution < -0.4 is 0 Å². The molecule has 0 unspecified atom stereocenters. The smallest absolute Gasteiger partial charge is 0.0994 e. The van der Waals surface area contributed by atoms with Crippen LogP contribution in [0.3, 0.4) is 0 Å². The molecule has 0 aromatic heterocycles. The molecule has 0 fully saturated rings. The van der Waals surface area contributed by atoms with Crippen LogP contribution in [0.25, 0.3) is 0 Å². The molecular formula is C17H24N2. The van der Waals surface area contributed by atoms with Gasteiger partial charge in [-0.05, 0) is 55.9 Å². The molecule has 0 N–H and O–H groups in total. The van der Waals surface area contributed by atoms with Crippen LogP contribution in [0.5, 0.6) is 0 Å². The van der Waals surface area contributed by atoms with Gasteiger partial charge >= 0.3 is 0 Å². The van der Waals surface area contributed by atoms with E-state index in [4.69, 9.17) is 0 Å². The maximum absolute atomic E-state index is 9.29. The summed E-state index contributed by atoms with van der Waals surface area (Å²) in [6.45, 7) is 13.3. The Morgan fingerprint density at radius 1 is 1.21 bits per heavy atom. The second kappa shape index (κ2) is 4.98. The third-order valence-electron chi connectivity index (χ3n) is 4.14. The Labute approximate surface area is 117 Å². The van der Waals surface area contributed by atoms with E-state index in [9.17, 15) is 5.26 Å². The number of hydrogen-bond acceptors (Lipinski definition) is 2. The number of fused-ring (bicyclic) bond motifs is 1. The van der Waals surface area contributed by atoms with Crippen LogP contribution in [-0.2, 0) is 13.0 Å². The second-order valence-corrected chi connectivity index (χ2v) is 6.77. The minimum Gasteiger partial charge on any atom is -0.294 e. The van der Waals surface area contributed by atoms with Gasteiger partial charge in [-0.3, -0.25) is 4.90 Å². The minimum absolute atomic E-state index is 0.189. The molecule has 0 aliphatic carbocycles. The van der Waals surface area contributed by atoms with Crippen molar-refractivity contribution in [3.63, 3.8) is 0 Å². The summed E-state index contributed by atoms with van der Waals surface area (Å²) in [5.74, 6) is 0.515. The van der Waals surface area contributed by atoms with Gasteiger partial charge in [0.25, 0.3) is 0 Å². The molecule has 2 rings (SSSR count). The van der Waals surface area contributed by atoms with E-state index < -0.39 is 0 Å². The lowest BCUT2D eigenvalue weighted by Gasteiger charge is -2.40. The molecule has 0 bridgehead atoms. The van der Waals surface area contributed by atoms with Crippen LogP contribution in [0.2, 0.25) is 0 Å². The first-order valence-electron chi connectivity index (χ1n) is 7.14. The predicted molar refractivity (Wildman–Crippen MR) is 79.1 cm³/mol. The van der Waals surface area contributed by atoms with Crippen molar-refractivity contribution in [3.05, 3.63) is 34.4 Å². The van der Waals surface area contributed by atoms with Gasteiger partial charge in [-0.15, -0.1) is 0 Å². The molecule has 1 aliphatic rings. The van der Waals surface area contributed by atoms with Crippen LogP contribution in [0.1, 0.15) is 62.8 Å². The lowest BCUT2D eigenvalue weighted by atomic mass is 9.85. The fraction of sp³-hybridized carbons (Fsp3) is 0.588. The van der Waals surface area contributed by atoms with E-state index in [-0.39, 0.29) is 5.54 Å². The average molecular weight is 256 g/mol. The molecule has 0 atom stereocenters. The van der Waals surface area contributed by atoms with Gasteiger partial charge < -0.3 is 0 Å². The number of hydrogen-bond donors (Lipinski definition) is 0. The fourth-order valence-electron chi connectivity index (χ4n) is 2.92. The largest absolute Gasteiger partial charge is 0.294 e. The summed E-state index contributed by atoms with van der Waals surface area (Å²) in [6, 6.07) is 6.50. The summed E-state index contributed by atoms with van der Waals surface area (Å²) >= 11 is 0. The van der Waals surface area contributed by atoms with Crippen LogP contribution in [0, 0.1) is 11.3 Å². The van der Waals surface area contributed by atoms with E-state index in [0.29, 0.717) is 5.92 Å². The Bertz CT molecular complexity index is 515. The lowest BCUT2D eigenvalue weighted by Crippen LogP contribution is -2.44. The molecule has 102 valence electrons. The first kappa shape index (κ1) is 14.1. The topological polar surface area (TPSA) is 27.0 Å². The number of rotatable bonds is 1. The molecular weight excluding hydrogens is 232 g/mol. The molecule has 19 heavy (non-hydrogen) atoms. The van der Waals surface area contributed by atoms with Gasteiger partial charge in [-0.2, -0.15) is 5.26 Å². The highest BCUT2D eigenvalue weighted by Gasteiger charge is 2.28.